The van der Waals surface area contributed by atoms with Crippen LogP contribution in [0.1, 0.15) is 206 Å². The average Bonchev–Trinajstić information content (AvgIpc) is 1.62. The number of nitrogens with one attached hydrogen (secondary N) is 1. The Balaban J connectivity index is 0.000000147. The number of ketones is 3. The highest BCUT2D eigenvalue weighted by atomic mass is 32.1. The number of amides is 6. The van der Waals surface area contributed by atoms with Gasteiger partial charge in [0.05, 0.1) is 129 Å². The van der Waals surface area contributed by atoms with Crippen molar-refractivity contribution in [3.63, 3.8) is 0 Å². The minimum atomic E-state index is -3.57. The Morgan fingerprint density at radius 2 is 0.815 bits per heavy atom. The summed E-state index contributed by atoms with van der Waals surface area (Å²) in [4.78, 5) is 137. The number of aliphatic hydroxyl groups is 1. The Bertz CT molecular complexity index is 5710. The molecule has 6 amide bonds. The van der Waals surface area contributed by atoms with Gasteiger partial charge in [0.2, 0.25) is 41.3 Å². The standard InChI is InChI=1S/C34H44N3O8PS.C32H38N4O8S.C32H37N3O7S/c1-5-43-46(40,44-6-2)36-19-16-34(17-20-36)30(38)28-23(3)29(31-35-18-21-42-31)47-32(28)37(33(34)39)22-27(45-24-12-8-7-9-13-24)25-14-10-11-15-26(25)41-4;1-20-25-27(38)32(9-13-35(14-10-32)31(40)34-11-15-37)30(39)36(29(25)45-26(20)28-33-12-18-43-28)19-24(44-21-7-16-42-17-8-21)22-5-3-4-6-23(22)41-2;1-4-25(36)34-14-11-32(12-15-34)28(37)26-20(2)27(29-33-13-18-41-29)43-30(26)35(31(32)38)19-24(42-21-9-16-40-17-10-21)22-7-5-6-8-23(22)39-3/h10-11,14-15,18,21,24,27H,5-9,12-13,16-17,19-20,22H2,1-4H3;3-6,12,18,21,24,37H,7-11,13-17,19H2,1-2H3,(H,34,40);5-8,13,18,21,24H,4,9-12,14-17,19H2,1-3H3/t27-;2*24-/m000/s1. The van der Waals surface area contributed by atoms with E-state index >= 15 is 0 Å². The highest BCUT2D eigenvalue weighted by molar-refractivity contribution is 7.51. The van der Waals surface area contributed by atoms with Gasteiger partial charge in [-0.1, -0.05) is 80.8 Å². The fraction of sp³-hybridized carbons (Fsp3) is 0.520. The average molecular weight is 1930 g/mol. The number of carbonyl (C=O) groups excluding carboxylic acids is 8. The number of aromatic nitrogens is 3. The van der Waals surface area contributed by atoms with Gasteiger partial charge in [-0.25, -0.2) is 29.0 Å². The molecular weight excluding hydrogens is 1810 g/mol. The van der Waals surface area contributed by atoms with Gasteiger partial charge in [0, 0.05) is 95.4 Å². The second kappa shape index (κ2) is 43.2. The number of para-hydroxylation sites is 3. The number of anilines is 3. The van der Waals surface area contributed by atoms with Gasteiger partial charge in [-0.15, -0.1) is 34.0 Å². The van der Waals surface area contributed by atoms with Gasteiger partial charge in [-0.3, -0.25) is 57.3 Å². The summed E-state index contributed by atoms with van der Waals surface area (Å²) >= 11 is 3.99. The van der Waals surface area contributed by atoms with E-state index in [9.17, 15) is 42.9 Å². The maximum atomic E-state index is 14.9. The van der Waals surface area contributed by atoms with Crippen LogP contribution < -0.4 is 34.2 Å². The normalized spacial score (nSPS) is 19.4. The number of aliphatic hydroxyl groups excluding tert-OH is 1. The molecule has 1 saturated carbocycles. The maximum Gasteiger partial charge on any atom is 0.408 e. The van der Waals surface area contributed by atoms with Gasteiger partial charge < -0.3 is 71.4 Å². The summed E-state index contributed by atoms with van der Waals surface area (Å²) in [5.41, 5.74) is 2.24. The molecule has 5 saturated heterocycles. The Hall–Kier alpha value is -10.2. The zero-order valence-electron chi connectivity index (χ0n) is 77.8. The van der Waals surface area contributed by atoms with Crippen molar-refractivity contribution in [2.24, 2.45) is 16.2 Å². The van der Waals surface area contributed by atoms with Crippen LogP contribution in [-0.2, 0) is 56.5 Å². The van der Waals surface area contributed by atoms with Crippen LogP contribution in [0, 0.1) is 37.0 Å². The number of urea groups is 1. The largest absolute Gasteiger partial charge is 0.496 e. The molecular formula is C98H119N10O23PS3. The molecule has 6 aromatic heterocycles. The van der Waals surface area contributed by atoms with Crippen LogP contribution in [0.15, 0.2) is 123 Å². The van der Waals surface area contributed by atoms with Crippen molar-refractivity contribution in [3.8, 4) is 49.6 Å². The topological polar surface area (TPSA) is 376 Å². The lowest BCUT2D eigenvalue weighted by atomic mass is 9.69. The van der Waals surface area contributed by atoms with E-state index in [1.807, 2.05) is 100 Å². The van der Waals surface area contributed by atoms with E-state index in [-0.39, 0.29) is 176 Å². The third-order valence-corrected chi connectivity index (χ3v) is 33.7. The molecule has 6 fully saturated rings. The molecule has 3 aromatic carbocycles. The molecule has 37 heteroatoms. The summed E-state index contributed by atoms with van der Waals surface area (Å²) in [6, 6.07) is 22.7. The number of nitrogens with zero attached hydrogens (tertiary/aromatic N) is 9. The molecule has 33 nitrogen and oxygen atoms in total. The van der Waals surface area contributed by atoms with Crippen LogP contribution in [-0.4, -0.2) is 233 Å². The second-order valence-electron chi connectivity index (χ2n) is 35.1. The van der Waals surface area contributed by atoms with Crippen LogP contribution in [0.25, 0.3) is 32.3 Å². The fourth-order valence-electron chi connectivity index (χ4n) is 20.2. The first-order valence-corrected chi connectivity index (χ1v) is 50.7. The van der Waals surface area contributed by atoms with Gasteiger partial charge in [0.1, 0.15) is 85.6 Å². The Morgan fingerprint density at radius 3 is 1.13 bits per heavy atom. The number of oxazole rings is 3. The number of piperidine rings is 3. The fourth-order valence-corrected chi connectivity index (χ4v) is 25.7. The predicted octanol–water partition coefficient (Wildman–Crippen LogP) is 16.8. The van der Waals surface area contributed by atoms with E-state index in [1.54, 1.807) is 82.9 Å². The molecule has 1 aliphatic carbocycles. The van der Waals surface area contributed by atoms with Crippen LogP contribution in [0.2, 0.25) is 0 Å². The number of hydrogen-bond acceptors (Lipinski definition) is 29. The van der Waals surface area contributed by atoms with Crippen LogP contribution in [0.4, 0.5) is 19.8 Å². The Labute approximate surface area is 796 Å². The number of Topliss-reactive ketones (excluding diaryl/α,β-unsaturated/α-hetero) is 3. The summed E-state index contributed by atoms with van der Waals surface area (Å²) in [6.07, 6.45) is 17.4. The molecule has 722 valence electrons. The highest BCUT2D eigenvalue weighted by Crippen LogP contribution is 2.60. The first-order chi connectivity index (χ1) is 65.5. The number of fused-ring (bicyclic) bond motifs is 3. The van der Waals surface area contributed by atoms with E-state index in [2.05, 4.69) is 20.3 Å². The van der Waals surface area contributed by atoms with Crippen LogP contribution in [0.5, 0.6) is 17.2 Å². The summed E-state index contributed by atoms with van der Waals surface area (Å²) in [7, 11) is 1.30. The van der Waals surface area contributed by atoms with Gasteiger partial charge in [-0.2, -0.15) is 0 Å². The molecule has 0 unspecified atom stereocenters. The maximum absolute atomic E-state index is 14.9. The predicted molar refractivity (Wildman–Crippen MR) is 505 cm³/mol. The number of thiophene rings is 3. The molecule has 8 aliphatic heterocycles. The molecule has 3 atom stereocenters. The number of benzene rings is 3. The van der Waals surface area contributed by atoms with Crippen molar-refractivity contribution in [1.29, 1.82) is 0 Å². The molecule has 3 spiro atoms. The van der Waals surface area contributed by atoms with E-state index in [1.165, 1.54) is 59.2 Å². The van der Waals surface area contributed by atoms with Crippen molar-refractivity contribution in [2.75, 3.05) is 148 Å². The van der Waals surface area contributed by atoms with Gasteiger partial charge in [0.15, 0.2) is 17.3 Å². The lowest BCUT2D eigenvalue weighted by molar-refractivity contribution is -0.137. The summed E-state index contributed by atoms with van der Waals surface area (Å²) in [6.45, 7) is 16.0. The lowest BCUT2D eigenvalue weighted by Gasteiger charge is -2.46. The Morgan fingerprint density at radius 1 is 0.481 bits per heavy atom. The van der Waals surface area contributed by atoms with E-state index in [4.69, 9.17) is 65.3 Å². The molecule has 0 radical (unpaired) electrons. The first kappa shape index (κ1) is 97.9. The monoisotopic (exact) mass is 1930 g/mol. The summed E-state index contributed by atoms with van der Waals surface area (Å²) in [5, 5.41) is 13.5. The van der Waals surface area contributed by atoms with Gasteiger partial charge >= 0.3 is 13.8 Å². The third-order valence-electron chi connectivity index (χ3n) is 27.5. The number of hydrogen-bond donors (Lipinski definition) is 2. The first-order valence-electron chi connectivity index (χ1n) is 46.8. The molecule has 9 aromatic rings. The SMILES string of the molecule is CCC(=O)N1CCC2(CC1)C(=O)c1c(sc(-c3ncco3)c1C)N(C[C@H](OC1CCOCC1)c1ccccc1OC)C2=O.CCOP(=O)(OCC)N1CCC2(CC1)C(=O)c1c(sc(-c3ncco3)c1C)N(C[C@H](OC1CCCCC1)c1ccccc1OC)C2=O.COc1ccccc1[C@H](CN1C(=O)C2(CCN(C(=O)NCCO)CC2)C(=O)c2c1sc(-c1ncco1)c2C)OC1CCOCC1. The van der Waals surface area contributed by atoms with Crippen molar-refractivity contribution in [2.45, 2.75) is 181 Å². The molecule has 2 N–H and O–H groups in total. The van der Waals surface area contributed by atoms with E-state index in [0.717, 1.165) is 84.1 Å². The highest BCUT2D eigenvalue weighted by Gasteiger charge is 2.61. The molecule has 0 bridgehead atoms. The molecule has 9 aliphatic rings. The molecule has 135 heavy (non-hydrogen) atoms. The van der Waals surface area contributed by atoms with Crippen molar-refractivity contribution in [1.82, 2.24) is 34.7 Å². The van der Waals surface area contributed by atoms with Gasteiger partial charge in [-0.05, 0) is 147 Å². The smallest absolute Gasteiger partial charge is 0.408 e. The molecule has 18 rings (SSSR count). The third kappa shape index (κ3) is 19.6. The van der Waals surface area contributed by atoms with Crippen molar-refractivity contribution >= 4 is 104 Å². The van der Waals surface area contributed by atoms with Crippen LogP contribution >= 0.6 is 41.8 Å². The quantitative estimate of drug-likeness (QED) is 0.0325. The minimum absolute atomic E-state index is 0.0297. The molecule has 14 heterocycles. The van der Waals surface area contributed by atoms with Crippen molar-refractivity contribution < 1.29 is 108 Å². The Kier molecular flexibility index (Phi) is 31.4. The number of ether oxygens (including phenoxy) is 8. The minimum Gasteiger partial charge on any atom is -0.496 e. The number of methoxy groups -OCH3 is 3. The van der Waals surface area contributed by atoms with Crippen LogP contribution in [0.3, 0.4) is 0 Å². The van der Waals surface area contributed by atoms with Gasteiger partial charge in [0.25, 0.3) is 0 Å². The van der Waals surface area contributed by atoms with E-state index < -0.39 is 42.3 Å². The second-order valence-corrected chi connectivity index (χ2v) is 40.1. The summed E-state index contributed by atoms with van der Waals surface area (Å²) in [5.74, 6) is 1.78. The van der Waals surface area contributed by atoms with Crippen molar-refractivity contribution in [3.05, 3.63) is 160 Å². The number of rotatable bonds is 29. The zero-order chi connectivity index (χ0) is 94.9. The lowest BCUT2D eigenvalue weighted by Crippen LogP contribution is -2.59. The van der Waals surface area contributed by atoms with E-state index in [0.29, 0.717) is 128 Å². The summed E-state index contributed by atoms with van der Waals surface area (Å²) < 4.78 is 92.2. The number of likely N-dealkylation sites (tertiary alicyclic amines) is 2. The number of carbonyl (C=O) groups is 8. The zero-order valence-corrected chi connectivity index (χ0v) is 81.2.